The molecule has 1 aromatic heterocycles. The molecule has 1 aliphatic heterocycles. The minimum atomic E-state index is -0.555. The van der Waals surface area contributed by atoms with Crippen molar-refractivity contribution in [3.63, 3.8) is 0 Å². The van der Waals surface area contributed by atoms with Gasteiger partial charge in [0.2, 0.25) is 0 Å². The molecule has 0 bridgehead atoms. The van der Waals surface area contributed by atoms with Gasteiger partial charge in [-0.25, -0.2) is 9.37 Å². The van der Waals surface area contributed by atoms with Gasteiger partial charge in [-0.2, -0.15) is 0 Å². The Balaban J connectivity index is 1.62. The molecule has 2 aromatic rings. The van der Waals surface area contributed by atoms with Crippen LogP contribution in [0.2, 0.25) is 0 Å². The predicted molar refractivity (Wildman–Crippen MR) is 97.8 cm³/mol. The van der Waals surface area contributed by atoms with Crippen molar-refractivity contribution in [2.75, 3.05) is 18.4 Å². The molecule has 1 amide bonds. The van der Waals surface area contributed by atoms with Crippen LogP contribution in [0.4, 0.5) is 9.52 Å². The highest BCUT2D eigenvalue weighted by Crippen LogP contribution is 2.22. The van der Waals surface area contributed by atoms with E-state index in [0.717, 1.165) is 31.2 Å². The predicted octanol–water partition coefficient (Wildman–Crippen LogP) is 4.53. The lowest BCUT2D eigenvalue weighted by molar-refractivity contribution is 0.102. The first-order valence-corrected chi connectivity index (χ1v) is 9.61. The van der Waals surface area contributed by atoms with E-state index in [2.05, 4.69) is 38.1 Å². The molecule has 1 saturated heterocycles. The Kier molecular flexibility index (Phi) is 5.63. The monoisotopic (exact) mass is 411 g/mol. The van der Waals surface area contributed by atoms with Crippen molar-refractivity contribution in [3.8, 4) is 0 Å². The Morgan fingerprint density at radius 1 is 1.54 bits per heavy atom. The summed E-state index contributed by atoms with van der Waals surface area (Å²) in [5.41, 5.74) is 0.959. The summed E-state index contributed by atoms with van der Waals surface area (Å²) in [4.78, 5) is 19.0. The van der Waals surface area contributed by atoms with E-state index in [1.807, 2.05) is 5.38 Å². The van der Waals surface area contributed by atoms with Crippen molar-refractivity contribution in [3.05, 3.63) is 45.1 Å². The molecule has 1 atom stereocenters. The molecule has 128 valence electrons. The van der Waals surface area contributed by atoms with E-state index in [-0.39, 0.29) is 5.56 Å². The highest BCUT2D eigenvalue weighted by molar-refractivity contribution is 9.10. The summed E-state index contributed by atoms with van der Waals surface area (Å²) >= 11 is 4.55. The van der Waals surface area contributed by atoms with Gasteiger partial charge in [-0.1, -0.05) is 22.9 Å². The van der Waals surface area contributed by atoms with Crippen molar-refractivity contribution in [2.24, 2.45) is 5.92 Å². The summed E-state index contributed by atoms with van der Waals surface area (Å²) < 4.78 is 14.4. The third kappa shape index (κ3) is 4.40. The number of benzene rings is 1. The van der Waals surface area contributed by atoms with Gasteiger partial charge < -0.3 is 0 Å². The van der Waals surface area contributed by atoms with E-state index in [1.165, 1.54) is 36.3 Å². The molecule has 0 radical (unpaired) electrons. The quantitative estimate of drug-likeness (QED) is 0.803. The molecule has 24 heavy (non-hydrogen) atoms. The molecule has 2 heterocycles. The van der Waals surface area contributed by atoms with Gasteiger partial charge in [0.05, 0.1) is 11.3 Å². The van der Waals surface area contributed by atoms with Crippen LogP contribution in [0, 0.1) is 11.7 Å². The lowest BCUT2D eigenvalue weighted by atomic mass is 10.0. The largest absolute Gasteiger partial charge is 0.298 e. The van der Waals surface area contributed by atoms with Crippen LogP contribution in [0.15, 0.2) is 28.1 Å². The maximum Gasteiger partial charge on any atom is 0.260 e. The number of carbonyl (C=O) groups is 1. The molecule has 1 unspecified atom stereocenters. The van der Waals surface area contributed by atoms with Gasteiger partial charge in [-0.3, -0.25) is 15.0 Å². The van der Waals surface area contributed by atoms with E-state index < -0.39 is 11.7 Å². The number of piperidine rings is 1. The van der Waals surface area contributed by atoms with Gasteiger partial charge >= 0.3 is 0 Å². The molecule has 4 nitrogen and oxygen atoms in total. The number of amides is 1. The zero-order valence-corrected chi connectivity index (χ0v) is 15.8. The number of nitrogens with one attached hydrogen (secondary N) is 1. The fourth-order valence-electron chi connectivity index (χ4n) is 2.93. The molecule has 0 spiro atoms. The molecule has 7 heteroatoms. The summed E-state index contributed by atoms with van der Waals surface area (Å²) in [5.74, 6) is -0.314. The number of aromatic nitrogens is 1. The van der Waals surface area contributed by atoms with E-state index in [0.29, 0.717) is 9.60 Å². The van der Waals surface area contributed by atoms with Crippen LogP contribution < -0.4 is 5.32 Å². The number of nitrogens with zero attached hydrogens (tertiary/aromatic N) is 2. The second-order valence-electron chi connectivity index (χ2n) is 6.20. The SMILES string of the molecule is CC1CCCN(Cc2csc(NC(=O)c3ccc(Br)cc3F)n2)C1. The van der Waals surface area contributed by atoms with E-state index >= 15 is 0 Å². The van der Waals surface area contributed by atoms with E-state index in [4.69, 9.17) is 0 Å². The van der Waals surface area contributed by atoms with Crippen LogP contribution >= 0.6 is 27.3 Å². The third-order valence-electron chi connectivity index (χ3n) is 4.07. The molecule has 0 aliphatic carbocycles. The maximum atomic E-state index is 13.8. The van der Waals surface area contributed by atoms with Crippen LogP contribution in [0.1, 0.15) is 35.8 Å². The first kappa shape index (κ1) is 17.5. The van der Waals surface area contributed by atoms with Crippen molar-refractivity contribution >= 4 is 38.3 Å². The molecule has 3 rings (SSSR count). The normalized spacial score (nSPS) is 18.5. The highest BCUT2D eigenvalue weighted by Gasteiger charge is 2.18. The van der Waals surface area contributed by atoms with Crippen LogP contribution in [0.5, 0.6) is 0 Å². The van der Waals surface area contributed by atoms with E-state index in [1.54, 1.807) is 6.07 Å². The standard InChI is InChI=1S/C17H19BrFN3OS/c1-11-3-2-6-22(8-11)9-13-10-24-17(20-13)21-16(23)14-5-4-12(18)7-15(14)19/h4-5,7,10-11H,2-3,6,8-9H2,1H3,(H,20,21,23). The van der Waals surface area contributed by atoms with Crippen molar-refractivity contribution in [1.82, 2.24) is 9.88 Å². The lowest BCUT2D eigenvalue weighted by Crippen LogP contribution is -2.33. The number of carbonyl (C=O) groups excluding carboxylic acids is 1. The van der Waals surface area contributed by atoms with Gasteiger partial charge in [0.1, 0.15) is 5.82 Å². The smallest absolute Gasteiger partial charge is 0.260 e. The number of thiazole rings is 1. The highest BCUT2D eigenvalue weighted by atomic mass is 79.9. The first-order valence-electron chi connectivity index (χ1n) is 7.94. The third-order valence-corrected chi connectivity index (χ3v) is 5.37. The number of likely N-dealkylation sites (tertiary alicyclic amines) is 1. The summed E-state index contributed by atoms with van der Waals surface area (Å²) in [6.07, 6.45) is 2.51. The van der Waals surface area contributed by atoms with Gasteiger partial charge in [-0.15, -0.1) is 11.3 Å². The van der Waals surface area contributed by atoms with Crippen molar-refractivity contribution in [2.45, 2.75) is 26.3 Å². The van der Waals surface area contributed by atoms with Gasteiger partial charge in [0, 0.05) is 22.9 Å². The first-order chi connectivity index (χ1) is 11.5. The second kappa shape index (κ2) is 7.72. The molecule has 0 saturated carbocycles. The molecular weight excluding hydrogens is 393 g/mol. The Labute approximate surface area is 153 Å². The van der Waals surface area contributed by atoms with E-state index in [9.17, 15) is 9.18 Å². The number of hydrogen-bond acceptors (Lipinski definition) is 4. The number of rotatable bonds is 4. The number of halogens is 2. The Hall–Kier alpha value is -1.31. The van der Waals surface area contributed by atoms with Gasteiger partial charge in [0.25, 0.3) is 5.91 Å². The minimum absolute atomic E-state index is 0.0137. The number of hydrogen-bond donors (Lipinski definition) is 1. The Morgan fingerprint density at radius 3 is 3.12 bits per heavy atom. The van der Waals surface area contributed by atoms with Crippen LogP contribution in [0.3, 0.4) is 0 Å². The summed E-state index contributed by atoms with van der Waals surface area (Å²) in [6.45, 7) is 5.24. The fourth-order valence-corrected chi connectivity index (χ4v) is 3.96. The zero-order valence-electron chi connectivity index (χ0n) is 13.4. The topological polar surface area (TPSA) is 45.2 Å². The zero-order chi connectivity index (χ0) is 17.1. The molecule has 1 aliphatic rings. The Bertz CT molecular complexity index is 736. The summed E-state index contributed by atoms with van der Waals surface area (Å²) in [6, 6.07) is 4.38. The maximum absolute atomic E-state index is 13.8. The lowest BCUT2D eigenvalue weighted by Gasteiger charge is -2.30. The Morgan fingerprint density at radius 2 is 2.38 bits per heavy atom. The molecule has 1 N–H and O–H groups in total. The van der Waals surface area contributed by atoms with Gasteiger partial charge in [0.15, 0.2) is 5.13 Å². The van der Waals surface area contributed by atoms with Crippen LogP contribution in [-0.2, 0) is 6.54 Å². The van der Waals surface area contributed by atoms with Crippen molar-refractivity contribution < 1.29 is 9.18 Å². The minimum Gasteiger partial charge on any atom is -0.298 e. The fraction of sp³-hybridized carbons (Fsp3) is 0.412. The summed E-state index contributed by atoms with van der Waals surface area (Å²) in [5, 5.41) is 5.13. The second-order valence-corrected chi connectivity index (χ2v) is 7.98. The summed E-state index contributed by atoms with van der Waals surface area (Å²) in [7, 11) is 0. The average Bonchev–Trinajstić information content (AvgIpc) is 2.94. The van der Waals surface area contributed by atoms with Crippen molar-refractivity contribution in [1.29, 1.82) is 0 Å². The number of anilines is 1. The van der Waals surface area contributed by atoms with Gasteiger partial charge in [-0.05, 0) is 43.5 Å². The van der Waals surface area contributed by atoms with Crippen LogP contribution in [0.25, 0.3) is 0 Å². The molecule has 1 aromatic carbocycles. The average molecular weight is 412 g/mol. The molecular formula is C17H19BrFN3OS. The van der Waals surface area contributed by atoms with Crippen LogP contribution in [-0.4, -0.2) is 28.9 Å². The molecule has 1 fully saturated rings.